The van der Waals surface area contributed by atoms with Gasteiger partial charge in [-0.1, -0.05) is 48.5 Å². The molecular weight excluding hydrogens is 470 g/mol. The molecule has 0 saturated carbocycles. The monoisotopic (exact) mass is 503 g/mol. The van der Waals surface area contributed by atoms with Crippen molar-refractivity contribution in [3.8, 4) is 0 Å². The molecule has 2 aromatic carbocycles. The zero-order valence-corrected chi connectivity index (χ0v) is 20.7. The van der Waals surface area contributed by atoms with Crippen molar-refractivity contribution in [1.82, 2.24) is 15.2 Å². The summed E-state index contributed by atoms with van der Waals surface area (Å²) < 4.78 is 12.8. The Morgan fingerprint density at radius 3 is 2.46 bits per heavy atom. The number of aliphatic hydroxyl groups is 2. The Balaban J connectivity index is 1.26. The van der Waals surface area contributed by atoms with Gasteiger partial charge in [0.1, 0.15) is 0 Å². The van der Waals surface area contributed by atoms with Gasteiger partial charge < -0.3 is 25.0 Å². The highest BCUT2D eigenvalue weighted by Gasteiger charge is 2.34. The summed E-state index contributed by atoms with van der Waals surface area (Å²) in [6, 6.07) is 19.2. The van der Waals surface area contributed by atoms with Crippen molar-refractivity contribution in [3.05, 3.63) is 101 Å². The number of nitrogens with zero attached hydrogens (tertiary/aromatic N) is 2. The normalized spacial score (nSPS) is 24.2. The van der Waals surface area contributed by atoms with Gasteiger partial charge in [-0.25, -0.2) is 0 Å². The SMILES string of the molecule is O=C(NCc1ccc([C@H]2O[C@@H](CN3CC[C@H](O)C3)C[C@@H](c3ccc(CO)cc3)O2)cc1)c1cccnc1. The summed E-state index contributed by atoms with van der Waals surface area (Å²) in [6.45, 7) is 2.68. The number of pyridine rings is 1. The Morgan fingerprint density at radius 1 is 1.03 bits per heavy atom. The lowest BCUT2D eigenvalue weighted by Crippen LogP contribution is -2.38. The number of amides is 1. The lowest BCUT2D eigenvalue weighted by Gasteiger charge is -2.37. The van der Waals surface area contributed by atoms with Gasteiger partial charge in [-0.05, 0) is 35.2 Å². The molecule has 2 fully saturated rings. The Labute approximate surface area is 216 Å². The number of carbonyl (C=O) groups excluding carboxylic acids is 1. The second-order valence-electron chi connectivity index (χ2n) is 9.72. The quantitative estimate of drug-likeness (QED) is 0.434. The maximum Gasteiger partial charge on any atom is 0.253 e. The molecule has 1 aromatic heterocycles. The number of hydrogen-bond donors (Lipinski definition) is 3. The smallest absolute Gasteiger partial charge is 0.253 e. The van der Waals surface area contributed by atoms with Crippen molar-refractivity contribution in [1.29, 1.82) is 0 Å². The van der Waals surface area contributed by atoms with Gasteiger partial charge in [-0.15, -0.1) is 0 Å². The number of benzene rings is 2. The van der Waals surface area contributed by atoms with Gasteiger partial charge in [0.25, 0.3) is 5.91 Å². The summed E-state index contributed by atoms with van der Waals surface area (Å²) in [4.78, 5) is 18.6. The maximum atomic E-state index is 12.3. The standard InChI is InChI=1S/C29H33N3O5/c33-19-21-5-7-22(8-6-21)27-14-26(18-32-13-11-25(34)17-32)36-29(37-27)23-9-3-20(4-10-23)15-31-28(35)24-2-1-12-30-16-24/h1-10,12,16,25-27,29,33-34H,11,13-15,17-19H2,(H,31,35)/t25-,26+,27-,29-/m0/s1. The molecule has 194 valence electrons. The minimum absolute atomic E-state index is 0.00644. The van der Waals surface area contributed by atoms with Gasteiger partial charge in [0.2, 0.25) is 0 Å². The van der Waals surface area contributed by atoms with Crippen LogP contribution in [0.1, 0.15) is 57.8 Å². The van der Waals surface area contributed by atoms with E-state index in [1.54, 1.807) is 24.5 Å². The predicted molar refractivity (Wildman–Crippen MR) is 137 cm³/mol. The molecule has 2 aliphatic rings. The zero-order valence-electron chi connectivity index (χ0n) is 20.7. The molecule has 2 saturated heterocycles. The third-order valence-corrected chi connectivity index (χ3v) is 6.95. The van der Waals surface area contributed by atoms with Crippen molar-refractivity contribution in [2.75, 3.05) is 19.6 Å². The first-order valence-electron chi connectivity index (χ1n) is 12.8. The molecule has 3 N–H and O–H groups in total. The summed E-state index contributed by atoms with van der Waals surface area (Å²) in [5.41, 5.74) is 4.31. The van der Waals surface area contributed by atoms with Crippen LogP contribution >= 0.6 is 0 Å². The van der Waals surface area contributed by atoms with Crippen molar-refractivity contribution >= 4 is 5.91 Å². The molecule has 0 unspecified atom stereocenters. The lowest BCUT2D eigenvalue weighted by molar-refractivity contribution is -0.252. The van der Waals surface area contributed by atoms with Gasteiger partial charge in [0.05, 0.1) is 30.5 Å². The average Bonchev–Trinajstić information content (AvgIpc) is 3.36. The fourth-order valence-corrected chi connectivity index (χ4v) is 4.87. The molecule has 37 heavy (non-hydrogen) atoms. The molecular formula is C29H33N3O5. The third kappa shape index (κ3) is 6.60. The summed E-state index contributed by atoms with van der Waals surface area (Å²) in [6.07, 6.45) is 3.67. The van der Waals surface area contributed by atoms with E-state index >= 15 is 0 Å². The third-order valence-electron chi connectivity index (χ3n) is 6.95. The van der Waals surface area contributed by atoms with E-state index in [0.29, 0.717) is 25.1 Å². The number of aromatic nitrogens is 1. The van der Waals surface area contributed by atoms with Crippen LogP contribution in [0.5, 0.6) is 0 Å². The van der Waals surface area contributed by atoms with Crippen LogP contribution in [0.25, 0.3) is 0 Å². The summed E-state index contributed by atoms with van der Waals surface area (Å²) in [5, 5.41) is 22.3. The summed E-state index contributed by atoms with van der Waals surface area (Å²) in [5.74, 6) is -0.166. The topological polar surface area (TPSA) is 104 Å². The van der Waals surface area contributed by atoms with E-state index in [1.165, 1.54) is 0 Å². The van der Waals surface area contributed by atoms with Crippen LogP contribution in [0, 0.1) is 0 Å². The molecule has 3 aromatic rings. The number of likely N-dealkylation sites (tertiary alicyclic amines) is 1. The van der Waals surface area contributed by atoms with E-state index in [2.05, 4.69) is 15.2 Å². The molecule has 0 bridgehead atoms. The average molecular weight is 504 g/mol. The molecule has 3 heterocycles. The Bertz CT molecular complexity index is 1160. The molecule has 0 spiro atoms. The highest BCUT2D eigenvalue weighted by molar-refractivity contribution is 5.93. The molecule has 0 aliphatic carbocycles. The van der Waals surface area contributed by atoms with Gasteiger partial charge in [0, 0.05) is 50.6 Å². The number of aliphatic hydroxyl groups excluding tert-OH is 2. The fraction of sp³-hybridized carbons (Fsp3) is 0.379. The molecule has 5 rings (SSSR count). The first kappa shape index (κ1) is 25.5. The first-order valence-corrected chi connectivity index (χ1v) is 12.8. The van der Waals surface area contributed by atoms with E-state index in [9.17, 15) is 15.0 Å². The second-order valence-corrected chi connectivity index (χ2v) is 9.72. The van der Waals surface area contributed by atoms with Crippen LogP contribution in [-0.4, -0.2) is 57.8 Å². The fourth-order valence-electron chi connectivity index (χ4n) is 4.87. The van der Waals surface area contributed by atoms with Gasteiger partial charge in [-0.3, -0.25) is 14.7 Å². The minimum Gasteiger partial charge on any atom is -0.392 e. The van der Waals surface area contributed by atoms with Crippen LogP contribution < -0.4 is 5.32 Å². The highest BCUT2D eigenvalue weighted by atomic mass is 16.7. The molecule has 2 aliphatic heterocycles. The molecule has 0 radical (unpaired) electrons. The Morgan fingerprint density at radius 2 is 1.78 bits per heavy atom. The molecule has 4 atom stereocenters. The largest absolute Gasteiger partial charge is 0.392 e. The van der Waals surface area contributed by atoms with Crippen LogP contribution in [0.15, 0.2) is 73.1 Å². The number of ether oxygens (including phenoxy) is 2. The van der Waals surface area contributed by atoms with E-state index < -0.39 is 6.29 Å². The van der Waals surface area contributed by atoms with E-state index in [1.807, 2.05) is 48.5 Å². The van der Waals surface area contributed by atoms with Crippen LogP contribution in [0.4, 0.5) is 0 Å². The number of nitrogens with one attached hydrogen (secondary N) is 1. The Kier molecular flexibility index (Phi) is 8.23. The van der Waals surface area contributed by atoms with Gasteiger partial charge in [-0.2, -0.15) is 0 Å². The van der Waals surface area contributed by atoms with Crippen LogP contribution in [0.3, 0.4) is 0 Å². The number of rotatable bonds is 8. The number of β-amino-alcohol motifs (C(OH)–C–C–N with tert-alkyl or cyclic N) is 1. The summed E-state index contributed by atoms with van der Waals surface area (Å²) >= 11 is 0. The number of hydrogen-bond acceptors (Lipinski definition) is 7. The minimum atomic E-state index is -0.534. The van der Waals surface area contributed by atoms with Crippen LogP contribution in [-0.2, 0) is 22.6 Å². The van der Waals surface area contributed by atoms with E-state index in [0.717, 1.165) is 41.8 Å². The Hall–Kier alpha value is -3.14. The number of carbonyl (C=O) groups is 1. The molecule has 8 heteroatoms. The van der Waals surface area contributed by atoms with Crippen molar-refractivity contribution in [2.45, 2.75) is 50.6 Å². The predicted octanol–water partition coefficient (Wildman–Crippen LogP) is 3.12. The van der Waals surface area contributed by atoms with Crippen molar-refractivity contribution in [3.63, 3.8) is 0 Å². The van der Waals surface area contributed by atoms with Crippen molar-refractivity contribution in [2.24, 2.45) is 0 Å². The van der Waals surface area contributed by atoms with Crippen LogP contribution in [0.2, 0.25) is 0 Å². The highest BCUT2D eigenvalue weighted by Crippen LogP contribution is 2.38. The molecule has 1 amide bonds. The zero-order chi connectivity index (χ0) is 25.6. The summed E-state index contributed by atoms with van der Waals surface area (Å²) in [7, 11) is 0. The second kappa shape index (κ2) is 11.9. The lowest BCUT2D eigenvalue weighted by atomic mass is 9.99. The van der Waals surface area contributed by atoms with Gasteiger partial charge in [0.15, 0.2) is 6.29 Å². The van der Waals surface area contributed by atoms with Crippen molar-refractivity contribution < 1.29 is 24.5 Å². The van der Waals surface area contributed by atoms with E-state index in [-0.39, 0.29) is 30.8 Å². The van der Waals surface area contributed by atoms with E-state index in [4.69, 9.17) is 9.47 Å². The first-order chi connectivity index (χ1) is 18.1. The molecule has 8 nitrogen and oxygen atoms in total. The maximum absolute atomic E-state index is 12.3. The van der Waals surface area contributed by atoms with Gasteiger partial charge >= 0.3 is 0 Å².